The molecule has 0 spiro atoms. The van der Waals surface area contributed by atoms with Crippen LogP contribution >= 0.6 is 16.5 Å². The Morgan fingerprint density at radius 2 is 1.58 bits per heavy atom. The SMILES string of the molecule is O=[P+]1OC(CO)O[P+](=O)O1.[Na].[Na]. The molecule has 10 heteroatoms. The van der Waals surface area contributed by atoms with Crippen molar-refractivity contribution in [2.24, 2.45) is 0 Å². The van der Waals surface area contributed by atoms with Crippen LogP contribution in [0.4, 0.5) is 0 Å². The minimum Gasteiger partial charge on any atom is -0.391 e. The predicted molar refractivity (Wildman–Crippen MR) is 40.8 cm³/mol. The van der Waals surface area contributed by atoms with Crippen LogP contribution < -0.4 is 0 Å². The summed E-state index contributed by atoms with van der Waals surface area (Å²) in [6, 6.07) is 0. The molecule has 1 aliphatic rings. The summed E-state index contributed by atoms with van der Waals surface area (Å²) >= 11 is 0. The Kier molecular flexibility index (Phi) is 11.5. The normalized spacial score (nSPS) is 28.6. The van der Waals surface area contributed by atoms with Crippen molar-refractivity contribution in [2.45, 2.75) is 6.29 Å². The molecule has 0 saturated carbocycles. The summed E-state index contributed by atoms with van der Waals surface area (Å²) in [5.74, 6) is 0. The van der Waals surface area contributed by atoms with Crippen LogP contribution in [0.15, 0.2) is 0 Å². The van der Waals surface area contributed by atoms with Crippen molar-refractivity contribution in [1.29, 1.82) is 0 Å². The van der Waals surface area contributed by atoms with E-state index in [0.717, 1.165) is 0 Å². The van der Waals surface area contributed by atoms with Crippen molar-refractivity contribution in [3.63, 3.8) is 0 Å². The van der Waals surface area contributed by atoms with Gasteiger partial charge in [0.05, 0.1) is 0 Å². The van der Waals surface area contributed by atoms with Gasteiger partial charge in [0.2, 0.25) is 0 Å². The molecular formula is C2H4Na2O6P2+2. The summed E-state index contributed by atoms with van der Waals surface area (Å²) < 4.78 is 33.5. The minimum atomic E-state index is -2.39. The summed E-state index contributed by atoms with van der Waals surface area (Å²) in [7, 11) is -4.79. The molecule has 0 aromatic rings. The van der Waals surface area contributed by atoms with E-state index >= 15 is 0 Å². The van der Waals surface area contributed by atoms with E-state index < -0.39 is 29.4 Å². The first-order valence-electron chi connectivity index (χ1n) is 2.29. The molecule has 0 amide bonds. The van der Waals surface area contributed by atoms with E-state index in [-0.39, 0.29) is 59.1 Å². The molecule has 0 aromatic carbocycles. The first kappa shape index (κ1) is 16.5. The Bertz CT molecular complexity index is 159. The van der Waals surface area contributed by atoms with Crippen LogP contribution in [0, 0.1) is 0 Å². The third-order valence-electron chi connectivity index (χ3n) is 0.690. The standard InChI is InChI=1S/C2H4O6P2.2Na/c3-1-2-6-9(4)8-10(5)7-2;;/h2-3H,1H2;;/q+2;;. The van der Waals surface area contributed by atoms with E-state index in [9.17, 15) is 9.13 Å². The molecule has 1 saturated heterocycles. The maximum atomic E-state index is 10.4. The molecular weight excluding hydrogens is 228 g/mol. The molecule has 6 nitrogen and oxygen atoms in total. The molecule has 12 heavy (non-hydrogen) atoms. The Labute approximate surface area is 115 Å². The topological polar surface area (TPSA) is 82.1 Å². The maximum absolute atomic E-state index is 10.4. The van der Waals surface area contributed by atoms with Gasteiger partial charge in [-0.15, -0.1) is 0 Å². The minimum absolute atomic E-state index is 0. The zero-order chi connectivity index (χ0) is 7.56. The summed E-state index contributed by atoms with van der Waals surface area (Å²) in [5.41, 5.74) is 0. The van der Waals surface area contributed by atoms with Gasteiger partial charge in [-0.25, -0.2) is 0 Å². The molecule has 1 rings (SSSR count). The third kappa shape index (κ3) is 5.70. The predicted octanol–water partition coefficient (Wildman–Crippen LogP) is -0.0786. The number of aliphatic hydroxyl groups excluding tert-OH is 1. The smallest absolute Gasteiger partial charge is 0.391 e. The van der Waals surface area contributed by atoms with Gasteiger partial charge >= 0.3 is 16.5 Å². The quantitative estimate of drug-likeness (QED) is 0.503. The van der Waals surface area contributed by atoms with Gasteiger partial charge in [0.25, 0.3) is 6.29 Å². The molecule has 0 bridgehead atoms. The van der Waals surface area contributed by atoms with Crippen molar-refractivity contribution >= 4 is 75.6 Å². The van der Waals surface area contributed by atoms with Crippen LogP contribution in [0.25, 0.3) is 0 Å². The van der Waals surface area contributed by atoms with Gasteiger partial charge in [-0.2, -0.15) is 0 Å². The van der Waals surface area contributed by atoms with Crippen molar-refractivity contribution < 1.29 is 27.6 Å². The molecule has 2 atom stereocenters. The van der Waals surface area contributed by atoms with Crippen molar-refractivity contribution in [2.75, 3.05) is 6.61 Å². The van der Waals surface area contributed by atoms with Crippen molar-refractivity contribution in [3.8, 4) is 0 Å². The summed E-state index contributed by atoms with van der Waals surface area (Å²) in [4.78, 5) is 0. The second-order valence-corrected chi connectivity index (χ2v) is 3.32. The van der Waals surface area contributed by atoms with Crippen LogP contribution in [0.1, 0.15) is 0 Å². The van der Waals surface area contributed by atoms with E-state index in [1.165, 1.54) is 0 Å². The first-order chi connectivity index (χ1) is 4.72. The second-order valence-electron chi connectivity index (χ2n) is 1.35. The zero-order valence-electron chi connectivity index (χ0n) is 6.67. The van der Waals surface area contributed by atoms with Gasteiger partial charge < -0.3 is 5.11 Å². The molecule has 0 aromatic heterocycles. The van der Waals surface area contributed by atoms with Crippen LogP contribution in [0.3, 0.4) is 0 Å². The van der Waals surface area contributed by atoms with E-state index in [0.29, 0.717) is 0 Å². The fraction of sp³-hybridized carbons (Fsp3) is 1.00. The number of hydrogen-bond donors (Lipinski definition) is 1. The van der Waals surface area contributed by atoms with E-state index in [4.69, 9.17) is 5.11 Å². The fourth-order valence-electron chi connectivity index (χ4n) is 0.371. The Hall–Kier alpha value is 2.04. The molecule has 1 aliphatic heterocycles. The molecule has 1 fully saturated rings. The fourth-order valence-corrected chi connectivity index (χ4v) is 1.79. The van der Waals surface area contributed by atoms with Gasteiger partial charge in [-0.05, 0) is 0 Å². The van der Waals surface area contributed by atoms with Gasteiger partial charge in [0.15, 0.2) is 4.31 Å². The monoisotopic (exact) mass is 232 g/mol. The van der Waals surface area contributed by atoms with Gasteiger partial charge in [0.1, 0.15) is 6.61 Å². The number of hydrogen-bond acceptors (Lipinski definition) is 6. The van der Waals surface area contributed by atoms with E-state index in [1.54, 1.807) is 0 Å². The van der Waals surface area contributed by atoms with Crippen LogP contribution in [-0.4, -0.2) is 77.1 Å². The Morgan fingerprint density at radius 1 is 1.17 bits per heavy atom. The molecule has 1 heterocycles. The zero-order valence-corrected chi connectivity index (χ0v) is 12.5. The van der Waals surface area contributed by atoms with Gasteiger partial charge in [-0.3, -0.25) is 0 Å². The van der Waals surface area contributed by atoms with Crippen molar-refractivity contribution in [3.05, 3.63) is 0 Å². The van der Waals surface area contributed by atoms with E-state index in [2.05, 4.69) is 13.4 Å². The maximum Gasteiger partial charge on any atom is 0.750 e. The average Bonchev–Trinajstić information content (AvgIpc) is 1.85. The first-order valence-corrected chi connectivity index (χ1v) is 4.48. The molecule has 1 N–H and O–H groups in total. The summed E-state index contributed by atoms with van der Waals surface area (Å²) in [5, 5.41) is 8.36. The summed E-state index contributed by atoms with van der Waals surface area (Å²) in [6.45, 7) is -0.495. The molecule has 2 unspecified atom stereocenters. The Balaban J connectivity index is 0. The van der Waals surface area contributed by atoms with Crippen LogP contribution in [0.2, 0.25) is 0 Å². The molecule has 58 valence electrons. The largest absolute Gasteiger partial charge is 0.750 e. The number of aliphatic hydroxyl groups is 1. The Morgan fingerprint density at radius 3 is 1.92 bits per heavy atom. The van der Waals surface area contributed by atoms with Crippen LogP contribution in [0.5, 0.6) is 0 Å². The second kappa shape index (κ2) is 8.36. The average molecular weight is 232 g/mol. The van der Waals surface area contributed by atoms with Gasteiger partial charge in [0, 0.05) is 68.2 Å². The molecule has 2 radical (unpaired) electrons. The summed E-state index contributed by atoms with van der Waals surface area (Å²) in [6.07, 6.45) is -1.10. The van der Waals surface area contributed by atoms with Crippen molar-refractivity contribution in [1.82, 2.24) is 0 Å². The van der Waals surface area contributed by atoms with E-state index in [1.807, 2.05) is 0 Å². The number of rotatable bonds is 1. The van der Waals surface area contributed by atoms with Gasteiger partial charge in [-0.1, -0.05) is 9.05 Å². The van der Waals surface area contributed by atoms with Crippen LogP contribution in [-0.2, 0) is 22.5 Å². The molecule has 0 aliphatic carbocycles. The third-order valence-corrected chi connectivity index (χ3v) is 2.57.